The van der Waals surface area contributed by atoms with Gasteiger partial charge in [0.2, 0.25) is 0 Å². The van der Waals surface area contributed by atoms with E-state index in [0.717, 1.165) is 23.6 Å². The molecule has 0 radical (unpaired) electrons. The van der Waals surface area contributed by atoms with Crippen LogP contribution in [0.5, 0.6) is 0 Å². The van der Waals surface area contributed by atoms with Crippen LogP contribution in [-0.2, 0) is 6.42 Å². The Bertz CT molecular complexity index is 351. The quantitative estimate of drug-likeness (QED) is 0.542. The van der Waals surface area contributed by atoms with E-state index in [1.807, 2.05) is 11.8 Å². The van der Waals surface area contributed by atoms with Crippen LogP contribution in [0.25, 0.3) is 0 Å². The van der Waals surface area contributed by atoms with Gasteiger partial charge in [0.05, 0.1) is 0 Å². The maximum Gasteiger partial charge on any atom is 0.148 e. The second-order valence-electron chi connectivity index (χ2n) is 3.75. The second kappa shape index (κ2) is 5.36. The highest BCUT2D eigenvalue weighted by Crippen LogP contribution is 2.24. The first-order valence-corrected chi connectivity index (χ1v) is 6.65. The smallest absolute Gasteiger partial charge is 0.148 e. The van der Waals surface area contributed by atoms with Crippen molar-refractivity contribution in [1.82, 2.24) is 9.97 Å². The average molecular weight is 239 g/mol. The van der Waals surface area contributed by atoms with E-state index in [4.69, 9.17) is 5.84 Å². The fourth-order valence-corrected chi connectivity index (χ4v) is 2.99. The van der Waals surface area contributed by atoms with E-state index in [1.165, 1.54) is 12.2 Å². The molecule has 1 atom stereocenters. The largest absolute Gasteiger partial charge is 0.366 e. The molecule has 5 nitrogen and oxygen atoms in total. The number of hydrogen-bond acceptors (Lipinski definition) is 6. The first-order chi connectivity index (χ1) is 7.85. The minimum Gasteiger partial charge on any atom is -0.366 e. The molecule has 16 heavy (non-hydrogen) atoms. The molecule has 0 aliphatic carbocycles. The summed E-state index contributed by atoms with van der Waals surface area (Å²) in [7, 11) is 0. The van der Waals surface area contributed by atoms with Crippen LogP contribution in [-0.4, -0.2) is 27.5 Å². The van der Waals surface area contributed by atoms with Crippen molar-refractivity contribution >= 4 is 23.4 Å². The van der Waals surface area contributed by atoms with Crippen LogP contribution in [0.1, 0.15) is 18.9 Å². The molecule has 4 N–H and O–H groups in total. The molecule has 1 aromatic heterocycles. The fraction of sp³-hybridized carbons (Fsp3) is 0.600. The molecule has 1 unspecified atom stereocenters. The van der Waals surface area contributed by atoms with E-state index in [2.05, 4.69) is 27.6 Å². The highest BCUT2D eigenvalue weighted by atomic mass is 32.2. The third kappa shape index (κ3) is 2.38. The molecule has 88 valence electrons. The van der Waals surface area contributed by atoms with Crippen LogP contribution < -0.4 is 16.6 Å². The number of hydrogen-bond donors (Lipinski definition) is 3. The molecule has 1 saturated heterocycles. The van der Waals surface area contributed by atoms with Gasteiger partial charge < -0.3 is 10.7 Å². The number of rotatable bonds is 4. The van der Waals surface area contributed by atoms with Crippen molar-refractivity contribution < 1.29 is 0 Å². The summed E-state index contributed by atoms with van der Waals surface area (Å²) in [5.74, 6) is 9.44. The maximum absolute atomic E-state index is 5.43. The average Bonchev–Trinajstić information content (AvgIpc) is 2.81. The molecule has 0 saturated carbocycles. The monoisotopic (exact) mass is 239 g/mol. The number of nitrogens with two attached hydrogens (primary N) is 1. The molecule has 1 fully saturated rings. The van der Waals surface area contributed by atoms with E-state index in [1.54, 1.807) is 6.33 Å². The second-order valence-corrected chi connectivity index (χ2v) is 4.90. The number of nitrogens with one attached hydrogen (secondary N) is 2. The number of thioether (sulfide) groups is 1. The fourth-order valence-electron chi connectivity index (χ4n) is 1.84. The third-order valence-corrected chi connectivity index (χ3v) is 3.87. The van der Waals surface area contributed by atoms with Gasteiger partial charge in [-0.3, -0.25) is 0 Å². The number of hydrazine groups is 1. The van der Waals surface area contributed by atoms with Gasteiger partial charge in [-0.15, -0.1) is 0 Å². The van der Waals surface area contributed by atoms with E-state index >= 15 is 0 Å². The van der Waals surface area contributed by atoms with Crippen LogP contribution in [0.4, 0.5) is 11.6 Å². The van der Waals surface area contributed by atoms with Crippen LogP contribution in [0.15, 0.2) is 6.33 Å². The summed E-state index contributed by atoms with van der Waals surface area (Å²) in [5, 5.41) is 3.47. The number of nitrogens with zero attached hydrogens (tertiary/aromatic N) is 2. The van der Waals surface area contributed by atoms with Crippen molar-refractivity contribution in [1.29, 1.82) is 0 Å². The normalized spacial score (nSPS) is 19.8. The summed E-state index contributed by atoms with van der Waals surface area (Å²) < 4.78 is 0. The highest BCUT2D eigenvalue weighted by molar-refractivity contribution is 7.99. The molecule has 0 amide bonds. The van der Waals surface area contributed by atoms with E-state index < -0.39 is 0 Å². The zero-order valence-corrected chi connectivity index (χ0v) is 10.2. The minimum absolute atomic E-state index is 0.524. The van der Waals surface area contributed by atoms with Gasteiger partial charge in [-0.25, -0.2) is 15.8 Å². The van der Waals surface area contributed by atoms with Crippen LogP contribution in [0, 0.1) is 0 Å². The van der Waals surface area contributed by atoms with Crippen molar-refractivity contribution in [2.24, 2.45) is 5.84 Å². The zero-order chi connectivity index (χ0) is 11.4. The summed E-state index contributed by atoms with van der Waals surface area (Å²) in [6.45, 7) is 2.08. The molecule has 0 spiro atoms. The summed E-state index contributed by atoms with van der Waals surface area (Å²) >= 11 is 1.98. The predicted octanol–water partition coefficient (Wildman–Crippen LogP) is 1.24. The van der Waals surface area contributed by atoms with Crippen LogP contribution in [0.2, 0.25) is 0 Å². The van der Waals surface area contributed by atoms with Crippen molar-refractivity contribution in [2.45, 2.75) is 25.8 Å². The van der Waals surface area contributed by atoms with Gasteiger partial charge >= 0.3 is 0 Å². The van der Waals surface area contributed by atoms with Crippen LogP contribution in [0.3, 0.4) is 0 Å². The zero-order valence-electron chi connectivity index (χ0n) is 9.36. The lowest BCUT2D eigenvalue weighted by molar-refractivity contribution is 0.801. The molecular formula is C10H17N5S. The summed E-state index contributed by atoms with van der Waals surface area (Å²) in [6, 6.07) is 0.524. The molecule has 0 bridgehead atoms. The molecule has 2 rings (SSSR count). The number of aromatic nitrogens is 2. The SMILES string of the molecule is CCc1c(NN)ncnc1NC1CCSC1. The van der Waals surface area contributed by atoms with Crippen molar-refractivity contribution in [2.75, 3.05) is 22.2 Å². The predicted molar refractivity (Wildman–Crippen MR) is 68.6 cm³/mol. The minimum atomic E-state index is 0.524. The first-order valence-electron chi connectivity index (χ1n) is 5.50. The van der Waals surface area contributed by atoms with Crippen LogP contribution >= 0.6 is 11.8 Å². The Balaban J connectivity index is 2.18. The van der Waals surface area contributed by atoms with E-state index in [0.29, 0.717) is 11.9 Å². The third-order valence-electron chi connectivity index (χ3n) is 2.71. The first kappa shape index (κ1) is 11.5. The molecular weight excluding hydrogens is 222 g/mol. The molecule has 6 heteroatoms. The van der Waals surface area contributed by atoms with E-state index in [-0.39, 0.29) is 0 Å². The van der Waals surface area contributed by atoms with Crippen molar-refractivity contribution in [3.63, 3.8) is 0 Å². The lowest BCUT2D eigenvalue weighted by Crippen LogP contribution is -2.21. The van der Waals surface area contributed by atoms with Gasteiger partial charge in [0.15, 0.2) is 0 Å². The Hall–Kier alpha value is -1.01. The molecule has 1 aromatic rings. The van der Waals surface area contributed by atoms with Gasteiger partial charge in [0, 0.05) is 17.4 Å². The molecule has 0 aromatic carbocycles. The Labute approximate surface area is 99.6 Å². The van der Waals surface area contributed by atoms with Gasteiger partial charge in [-0.05, 0) is 18.6 Å². The maximum atomic E-state index is 5.43. The summed E-state index contributed by atoms with van der Waals surface area (Å²) in [4.78, 5) is 8.41. The Morgan fingerprint density at radius 1 is 1.50 bits per heavy atom. The van der Waals surface area contributed by atoms with Gasteiger partial charge in [-0.2, -0.15) is 11.8 Å². The lowest BCUT2D eigenvalue weighted by atomic mass is 10.2. The number of anilines is 2. The number of nitrogen functional groups attached to an aromatic ring is 1. The molecule has 1 aliphatic heterocycles. The topological polar surface area (TPSA) is 75.9 Å². The Morgan fingerprint density at radius 2 is 2.31 bits per heavy atom. The van der Waals surface area contributed by atoms with Gasteiger partial charge in [-0.1, -0.05) is 6.92 Å². The van der Waals surface area contributed by atoms with Crippen molar-refractivity contribution in [3.8, 4) is 0 Å². The summed E-state index contributed by atoms with van der Waals surface area (Å²) in [5.41, 5.74) is 3.67. The standard InChI is InChI=1S/C10H17N5S/c1-2-8-9(12-6-13-10(8)15-11)14-7-3-4-16-5-7/h6-7H,2-5,11H2,1H3,(H2,12,13,14,15). The summed E-state index contributed by atoms with van der Waals surface area (Å²) in [6.07, 6.45) is 3.60. The van der Waals surface area contributed by atoms with Gasteiger partial charge in [0.1, 0.15) is 18.0 Å². The van der Waals surface area contributed by atoms with Gasteiger partial charge in [0.25, 0.3) is 0 Å². The highest BCUT2D eigenvalue weighted by Gasteiger charge is 2.18. The Morgan fingerprint density at radius 3 is 2.94 bits per heavy atom. The van der Waals surface area contributed by atoms with Crippen molar-refractivity contribution in [3.05, 3.63) is 11.9 Å². The molecule has 2 heterocycles. The lowest BCUT2D eigenvalue weighted by Gasteiger charge is -2.16. The Kier molecular flexibility index (Phi) is 3.84. The molecule has 1 aliphatic rings. The van der Waals surface area contributed by atoms with E-state index in [9.17, 15) is 0 Å².